The molecule has 0 aromatic carbocycles. The minimum Gasteiger partial charge on any atom is -0.481 e. The number of halogens is 2. The molecule has 3 heterocycles. The average Bonchev–Trinajstić information content (AvgIpc) is 2.87. The molecule has 0 aliphatic heterocycles. The largest absolute Gasteiger partial charge is 0.481 e. The van der Waals surface area contributed by atoms with Gasteiger partial charge in [-0.2, -0.15) is 5.10 Å². The number of hydrogen-bond donors (Lipinski definition) is 3. The molecule has 0 aliphatic rings. The van der Waals surface area contributed by atoms with Crippen molar-refractivity contribution in [2.75, 3.05) is 0 Å². The number of aliphatic carboxylic acids is 1. The molecule has 0 aliphatic carbocycles. The molecule has 3 rings (SSSR count). The van der Waals surface area contributed by atoms with Gasteiger partial charge in [0.2, 0.25) is 0 Å². The van der Waals surface area contributed by atoms with Gasteiger partial charge in [-0.05, 0) is 18.2 Å². The third kappa shape index (κ3) is 4.31. The van der Waals surface area contributed by atoms with Gasteiger partial charge in [-0.15, -0.1) is 0 Å². The second kappa shape index (κ2) is 7.43. The van der Waals surface area contributed by atoms with E-state index in [2.05, 4.69) is 15.1 Å². The van der Waals surface area contributed by atoms with E-state index in [0.29, 0.717) is 11.0 Å². The summed E-state index contributed by atoms with van der Waals surface area (Å²) in [5.41, 5.74) is 6.02. The maximum atomic E-state index is 13.7. The molecular weight excluding hydrogens is 334 g/mol. The number of rotatable bonds is 3. The van der Waals surface area contributed by atoms with Gasteiger partial charge in [0.05, 0.1) is 23.8 Å². The van der Waals surface area contributed by atoms with Gasteiger partial charge in [-0.25, -0.2) is 18.4 Å². The van der Waals surface area contributed by atoms with E-state index in [1.54, 1.807) is 0 Å². The number of carboxylic acid groups (broad SMARTS) is 1. The molecule has 0 radical (unpaired) electrons. The van der Waals surface area contributed by atoms with Gasteiger partial charge in [0.1, 0.15) is 23.2 Å². The number of nitrogens with zero attached hydrogens (tertiary/aromatic N) is 4. The number of nitrogen functional groups attached to an aromatic ring is 1. The maximum absolute atomic E-state index is 13.7. The summed E-state index contributed by atoms with van der Waals surface area (Å²) in [7, 11) is 0. The Morgan fingerprint density at radius 3 is 2.68 bits per heavy atom. The van der Waals surface area contributed by atoms with Crippen molar-refractivity contribution in [2.45, 2.75) is 13.5 Å². The summed E-state index contributed by atoms with van der Waals surface area (Å²) >= 11 is 0. The van der Waals surface area contributed by atoms with Gasteiger partial charge in [0.25, 0.3) is 5.97 Å². The fourth-order valence-corrected chi connectivity index (χ4v) is 2.02. The van der Waals surface area contributed by atoms with Crippen LogP contribution in [0.3, 0.4) is 0 Å². The minimum absolute atomic E-state index is 0.00901. The number of hydrogen-bond acceptors (Lipinski definition) is 5. The predicted octanol–water partition coefficient (Wildman–Crippen LogP) is 1.53. The lowest BCUT2D eigenvalue weighted by Gasteiger charge is -2.03. The monoisotopic (exact) mass is 348 g/mol. The molecule has 8 nitrogen and oxygen atoms in total. The van der Waals surface area contributed by atoms with Crippen LogP contribution in [0.4, 0.5) is 8.78 Å². The van der Waals surface area contributed by atoms with Gasteiger partial charge in [0, 0.05) is 13.1 Å². The van der Waals surface area contributed by atoms with Crippen molar-refractivity contribution < 1.29 is 18.7 Å². The van der Waals surface area contributed by atoms with Crippen LogP contribution in [0.25, 0.3) is 11.0 Å². The molecule has 0 atom stereocenters. The van der Waals surface area contributed by atoms with Crippen LogP contribution in [-0.2, 0) is 11.3 Å². The lowest BCUT2D eigenvalue weighted by Crippen LogP contribution is -2.13. The second-order valence-corrected chi connectivity index (χ2v) is 4.90. The first kappa shape index (κ1) is 17.9. The number of carbonyl (C=O) groups is 1. The average molecular weight is 348 g/mol. The zero-order valence-electron chi connectivity index (χ0n) is 13.1. The number of pyridine rings is 2. The molecule has 25 heavy (non-hydrogen) atoms. The minimum atomic E-state index is -0.833. The zero-order chi connectivity index (χ0) is 18.6. The first-order chi connectivity index (χ1) is 11.8. The van der Waals surface area contributed by atoms with Crippen LogP contribution in [0.1, 0.15) is 18.3 Å². The fourth-order valence-electron chi connectivity index (χ4n) is 2.02. The summed E-state index contributed by atoms with van der Waals surface area (Å²) in [6.45, 7) is 1.09. The summed E-state index contributed by atoms with van der Waals surface area (Å²) < 4.78 is 28.3. The molecule has 4 N–H and O–H groups in total. The Balaban J connectivity index is 0.000000511. The van der Waals surface area contributed by atoms with Gasteiger partial charge in [-0.1, -0.05) is 0 Å². The number of nitrogens with one attached hydrogen (secondary N) is 1. The summed E-state index contributed by atoms with van der Waals surface area (Å²) in [5.74, 6) is -2.19. The van der Waals surface area contributed by atoms with Crippen LogP contribution < -0.4 is 5.73 Å². The molecule has 0 amide bonds. The van der Waals surface area contributed by atoms with E-state index in [4.69, 9.17) is 21.0 Å². The van der Waals surface area contributed by atoms with Gasteiger partial charge < -0.3 is 10.8 Å². The highest BCUT2D eigenvalue weighted by molar-refractivity contribution is 6.04. The van der Waals surface area contributed by atoms with Gasteiger partial charge in [-0.3, -0.25) is 15.2 Å². The number of amidine groups is 1. The predicted molar refractivity (Wildman–Crippen MR) is 85.1 cm³/mol. The Morgan fingerprint density at radius 1 is 1.40 bits per heavy atom. The molecular formula is C15H14F2N6O2. The van der Waals surface area contributed by atoms with E-state index < -0.39 is 17.6 Å². The van der Waals surface area contributed by atoms with Gasteiger partial charge >= 0.3 is 0 Å². The summed E-state index contributed by atoms with van der Waals surface area (Å²) in [5, 5.41) is 19.3. The van der Waals surface area contributed by atoms with Crippen molar-refractivity contribution in [3.05, 3.63) is 53.6 Å². The van der Waals surface area contributed by atoms with Crippen molar-refractivity contribution in [3.8, 4) is 0 Å². The third-order valence-corrected chi connectivity index (χ3v) is 2.94. The fraction of sp³-hybridized carbons (Fsp3) is 0.133. The van der Waals surface area contributed by atoms with Crippen LogP contribution in [0.15, 0.2) is 30.6 Å². The second-order valence-electron chi connectivity index (χ2n) is 4.90. The van der Waals surface area contributed by atoms with E-state index in [1.807, 2.05) is 0 Å². The molecule has 0 bridgehead atoms. The topological polar surface area (TPSA) is 131 Å². The Morgan fingerprint density at radius 2 is 2.08 bits per heavy atom. The van der Waals surface area contributed by atoms with E-state index in [0.717, 1.165) is 13.1 Å². The zero-order valence-corrected chi connectivity index (χ0v) is 13.1. The molecule has 130 valence electrons. The standard InChI is InChI=1S/C13H10F2N6.C2H4O2/c14-7-4-8-11(12(16)17)20-21(13(8)19-5-7)6-10-9(15)2-1-3-18-10;1-2(3)4/h1-5H,6H2,(H3,16,17);1H3,(H,3,4). The quantitative estimate of drug-likeness (QED) is 0.486. The van der Waals surface area contributed by atoms with E-state index in [9.17, 15) is 8.78 Å². The molecule has 0 unspecified atom stereocenters. The molecule has 0 saturated heterocycles. The lowest BCUT2D eigenvalue weighted by atomic mass is 10.2. The van der Waals surface area contributed by atoms with E-state index in [-0.39, 0.29) is 23.8 Å². The molecule has 0 spiro atoms. The molecule has 10 heteroatoms. The smallest absolute Gasteiger partial charge is 0.300 e. The first-order valence-corrected chi connectivity index (χ1v) is 6.95. The Hall–Kier alpha value is -3.43. The summed E-state index contributed by atoms with van der Waals surface area (Å²) in [6.07, 6.45) is 2.49. The highest BCUT2D eigenvalue weighted by Gasteiger charge is 2.16. The summed E-state index contributed by atoms with van der Waals surface area (Å²) in [4.78, 5) is 16.9. The normalized spacial score (nSPS) is 10.2. The first-order valence-electron chi connectivity index (χ1n) is 6.95. The maximum Gasteiger partial charge on any atom is 0.300 e. The number of nitrogens with two attached hydrogens (primary N) is 1. The van der Waals surface area contributed by atoms with E-state index >= 15 is 0 Å². The van der Waals surface area contributed by atoms with Crippen molar-refractivity contribution in [1.29, 1.82) is 5.41 Å². The molecule has 3 aromatic rings. The third-order valence-electron chi connectivity index (χ3n) is 2.94. The summed E-state index contributed by atoms with van der Waals surface area (Å²) in [6, 6.07) is 3.96. The Kier molecular flexibility index (Phi) is 5.32. The highest BCUT2D eigenvalue weighted by atomic mass is 19.1. The van der Waals surface area contributed by atoms with Crippen LogP contribution in [0, 0.1) is 17.0 Å². The van der Waals surface area contributed by atoms with Crippen LogP contribution in [0.2, 0.25) is 0 Å². The number of aromatic nitrogens is 4. The molecule has 3 aromatic heterocycles. The Bertz CT molecular complexity index is 937. The van der Waals surface area contributed by atoms with Crippen molar-refractivity contribution in [3.63, 3.8) is 0 Å². The van der Waals surface area contributed by atoms with Crippen LogP contribution in [-0.4, -0.2) is 36.7 Å². The van der Waals surface area contributed by atoms with Crippen molar-refractivity contribution in [2.24, 2.45) is 5.73 Å². The van der Waals surface area contributed by atoms with Gasteiger partial charge in [0.15, 0.2) is 5.65 Å². The molecule has 0 saturated carbocycles. The van der Waals surface area contributed by atoms with E-state index in [1.165, 1.54) is 29.1 Å². The van der Waals surface area contributed by atoms with Crippen molar-refractivity contribution in [1.82, 2.24) is 19.7 Å². The van der Waals surface area contributed by atoms with Crippen LogP contribution in [0.5, 0.6) is 0 Å². The SMILES string of the molecule is CC(=O)O.N=C(N)c1nn(Cc2ncccc2F)c2ncc(F)cc12. The highest BCUT2D eigenvalue weighted by Crippen LogP contribution is 2.18. The van der Waals surface area contributed by atoms with Crippen LogP contribution >= 0.6 is 0 Å². The van der Waals surface area contributed by atoms with Crippen molar-refractivity contribution >= 4 is 22.8 Å². The Labute approximate surface area is 140 Å². The number of carboxylic acids is 1. The number of fused-ring (bicyclic) bond motifs is 1. The lowest BCUT2D eigenvalue weighted by molar-refractivity contribution is -0.134. The molecule has 0 fully saturated rings.